The molecule has 0 bridgehead atoms. The topological polar surface area (TPSA) is 90.6 Å². The van der Waals surface area contributed by atoms with E-state index in [-0.39, 0.29) is 18.5 Å². The van der Waals surface area contributed by atoms with Gasteiger partial charge in [-0.2, -0.15) is 4.52 Å². The predicted molar refractivity (Wildman–Crippen MR) is 108 cm³/mol. The van der Waals surface area contributed by atoms with E-state index in [1.807, 2.05) is 49.4 Å². The zero-order valence-electron chi connectivity index (χ0n) is 15.6. The summed E-state index contributed by atoms with van der Waals surface area (Å²) in [6.07, 6.45) is 0. The third-order valence-corrected chi connectivity index (χ3v) is 5.44. The standard InChI is InChI=1S/C20H17N5O3S/c1-12-22-19-14-4-2-3-5-15(14)23-20(25(19)24-12)29-10-18(26)21-9-13-6-7-16-17(8-13)28-11-27-16/h2-8H,9-11H2,1H3,(H,21,26). The average Bonchev–Trinajstić information content (AvgIpc) is 3.36. The summed E-state index contributed by atoms with van der Waals surface area (Å²) in [5.74, 6) is 2.23. The molecule has 9 heteroatoms. The molecule has 146 valence electrons. The molecule has 0 fully saturated rings. The summed E-state index contributed by atoms with van der Waals surface area (Å²) in [7, 11) is 0. The molecule has 1 aliphatic rings. The molecule has 0 saturated carbocycles. The summed E-state index contributed by atoms with van der Waals surface area (Å²) in [6.45, 7) is 2.49. The highest BCUT2D eigenvalue weighted by atomic mass is 32.2. The van der Waals surface area contributed by atoms with Crippen LogP contribution in [-0.4, -0.2) is 38.0 Å². The van der Waals surface area contributed by atoms with E-state index < -0.39 is 0 Å². The highest BCUT2D eigenvalue weighted by molar-refractivity contribution is 7.99. The van der Waals surface area contributed by atoms with Gasteiger partial charge >= 0.3 is 0 Å². The Morgan fingerprint density at radius 1 is 1.17 bits per heavy atom. The van der Waals surface area contributed by atoms with Crippen molar-refractivity contribution in [2.45, 2.75) is 18.6 Å². The summed E-state index contributed by atoms with van der Waals surface area (Å²) in [4.78, 5) is 21.5. The minimum absolute atomic E-state index is 0.0902. The van der Waals surface area contributed by atoms with Crippen molar-refractivity contribution >= 4 is 34.2 Å². The van der Waals surface area contributed by atoms with Crippen molar-refractivity contribution in [3.8, 4) is 11.5 Å². The van der Waals surface area contributed by atoms with E-state index in [0.29, 0.717) is 23.3 Å². The number of hydrogen-bond donors (Lipinski definition) is 1. The SMILES string of the molecule is Cc1nc2c3ccccc3nc(SCC(=O)NCc3ccc4c(c3)OCO4)n2n1. The van der Waals surface area contributed by atoms with Gasteiger partial charge in [0.2, 0.25) is 12.7 Å². The van der Waals surface area contributed by atoms with Crippen molar-refractivity contribution < 1.29 is 14.3 Å². The smallest absolute Gasteiger partial charge is 0.231 e. The van der Waals surface area contributed by atoms with Crippen molar-refractivity contribution in [3.63, 3.8) is 0 Å². The highest BCUT2D eigenvalue weighted by Gasteiger charge is 2.15. The van der Waals surface area contributed by atoms with Crippen LogP contribution in [0.15, 0.2) is 47.6 Å². The fourth-order valence-corrected chi connectivity index (χ4v) is 3.93. The normalized spacial score (nSPS) is 12.6. The van der Waals surface area contributed by atoms with E-state index in [4.69, 9.17) is 9.47 Å². The molecule has 2 aromatic carbocycles. The van der Waals surface area contributed by atoms with Gasteiger partial charge in [-0.3, -0.25) is 4.79 Å². The summed E-state index contributed by atoms with van der Waals surface area (Å²) in [6, 6.07) is 13.4. The molecule has 4 aromatic rings. The number of carbonyl (C=O) groups excluding carboxylic acids is 1. The molecular weight excluding hydrogens is 390 g/mol. The van der Waals surface area contributed by atoms with Crippen LogP contribution in [0.3, 0.4) is 0 Å². The Bertz CT molecular complexity index is 1240. The van der Waals surface area contributed by atoms with Gasteiger partial charge in [0.25, 0.3) is 0 Å². The monoisotopic (exact) mass is 407 g/mol. The molecule has 0 unspecified atom stereocenters. The number of benzene rings is 2. The van der Waals surface area contributed by atoms with E-state index >= 15 is 0 Å². The van der Waals surface area contributed by atoms with Crippen LogP contribution in [0.1, 0.15) is 11.4 Å². The van der Waals surface area contributed by atoms with E-state index in [1.54, 1.807) is 4.52 Å². The number of carbonyl (C=O) groups is 1. The number of aromatic nitrogens is 4. The molecule has 1 N–H and O–H groups in total. The maximum absolute atomic E-state index is 12.4. The van der Waals surface area contributed by atoms with Crippen LogP contribution in [0, 0.1) is 6.92 Å². The first kappa shape index (κ1) is 17.7. The van der Waals surface area contributed by atoms with Crippen LogP contribution >= 0.6 is 11.8 Å². The van der Waals surface area contributed by atoms with E-state index in [1.165, 1.54) is 11.8 Å². The number of fused-ring (bicyclic) bond motifs is 4. The molecule has 29 heavy (non-hydrogen) atoms. The van der Waals surface area contributed by atoms with Gasteiger partial charge in [-0.1, -0.05) is 30.0 Å². The van der Waals surface area contributed by atoms with Gasteiger partial charge in [-0.15, -0.1) is 5.10 Å². The minimum atomic E-state index is -0.0902. The Morgan fingerprint density at radius 3 is 2.97 bits per heavy atom. The van der Waals surface area contributed by atoms with Crippen LogP contribution in [0.4, 0.5) is 0 Å². The first-order valence-corrected chi connectivity index (χ1v) is 10.1. The quantitative estimate of drug-likeness (QED) is 0.402. The highest BCUT2D eigenvalue weighted by Crippen LogP contribution is 2.32. The number of nitrogens with one attached hydrogen (secondary N) is 1. The fraction of sp³-hybridized carbons (Fsp3) is 0.200. The lowest BCUT2D eigenvalue weighted by Gasteiger charge is -2.08. The lowest BCUT2D eigenvalue weighted by atomic mass is 10.2. The molecule has 0 saturated heterocycles. The second-order valence-electron chi connectivity index (χ2n) is 6.56. The lowest BCUT2D eigenvalue weighted by Crippen LogP contribution is -2.24. The molecule has 0 atom stereocenters. The van der Waals surface area contributed by atoms with Gasteiger partial charge in [-0.05, 0) is 36.8 Å². The molecule has 5 rings (SSSR count). The Balaban J connectivity index is 1.29. The third kappa shape index (κ3) is 3.44. The van der Waals surface area contributed by atoms with Gasteiger partial charge in [0.05, 0.1) is 11.3 Å². The number of para-hydroxylation sites is 1. The molecule has 1 aliphatic heterocycles. The molecular formula is C20H17N5O3S. The van der Waals surface area contributed by atoms with Crippen LogP contribution in [0.2, 0.25) is 0 Å². The average molecular weight is 407 g/mol. The van der Waals surface area contributed by atoms with Gasteiger partial charge in [0.1, 0.15) is 5.82 Å². The Labute approximate surface area is 170 Å². The Hall–Kier alpha value is -3.33. The second kappa shape index (κ2) is 7.25. The number of nitrogens with zero attached hydrogens (tertiary/aromatic N) is 4. The Morgan fingerprint density at radius 2 is 2.03 bits per heavy atom. The molecule has 2 aromatic heterocycles. The summed E-state index contributed by atoms with van der Waals surface area (Å²) in [5.41, 5.74) is 2.53. The number of hydrogen-bond acceptors (Lipinski definition) is 7. The van der Waals surface area contributed by atoms with Crippen LogP contribution < -0.4 is 14.8 Å². The van der Waals surface area contributed by atoms with Gasteiger partial charge in [0, 0.05) is 11.9 Å². The zero-order valence-corrected chi connectivity index (χ0v) is 16.4. The lowest BCUT2D eigenvalue weighted by molar-refractivity contribution is -0.118. The summed E-state index contributed by atoms with van der Waals surface area (Å²) >= 11 is 1.33. The molecule has 8 nitrogen and oxygen atoms in total. The zero-order chi connectivity index (χ0) is 19.8. The summed E-state index contributed by atoms with van der Waals surface area (Å²) < 4.78 is 12.4. The van der Waals surface area contributed by atoms with Crippen molar-refractivity contribution in [1.29, 1.82) is 0 Å². The van der Waals surface area contributed by atoms with Crippen LogP contribution in [-0.2, 0) is 11.3 Å². The van der Waals surface area contributed by atoms with E-state index in [9.17, 15) is 4.79 Å². The molecule has 1 amide bonds. The third-order valence-electron chi connectivity index (χ3n) is 4.51. The largest absolute Gasteiger partial charge is 0.454 e. The molecule has 0 aliphatic carbocycles. The van der Waals surface area contributed by atoms with E-state index in [0.717, 1.165) is 27.9 Å². The van der Waals surface area contributed by atoms with Gasteiger partial charge in [0.15, 0.2) is 22.3 Å². The number of thioether (sulfide) groups is 1. The molecule has 0 radical (unpaired) electrons. The maximum atomic E-state index is 12.4. The fourth-order valence-electron chi connectivity index (χ4n) is 3.16. The number of ether oxygens (including phenoxy) is 2. The first-order valence-electron chi connectivity index (χ1n) is 9.07. The number of aryl methyl sites for hydroxylation is 1. The predicted octanol–water partition coefficient (Wildman–Crippen LogP) is 2.72. The molecule has 0 spiro atoms. The number of rotatable bonds is 5. The first-order chi connectivity index (χ1) is 14.2. The summed E-state index contributed by atoms with van der Waals surface area (Å²) in [5, 5.41) is 8.93. The van der Waals surface area contributed by atoms with E-state index in [2.05, 4.69) is 20.4 Å². The van der Waals surface area contributed by atoms with Gasteiger partial charge < -0.3 is 14.8 Å². The second-order valence-corrected chi connectivity index (χ2v) is 7.50. The van der Waals surface area contributed by atoms with Gasteiger partial charge in [-0.25, -0.2) is 9.97 Å². The van der Waals surface area contributed by atoms with Crippen molar-refractivity contribution in [1.82, 2.24) is 24.9 Å². The van der Waals surface area contributed by atoms with Crippen molar-refractivity contribution in [2.75, 3.05) is 12.5 Å². The van der Waals surface area contributed by atoms with Crippen molar-refractivity contribution in [2.24, 2.45) is 0 Å². The Kier molecular flexibility index (Phi) is 4.44. The number of amides is 1. The minimum Gasteiger partial charge on any atom is -0.454 e. The maximum Gasteiger partial charge on any atom is 0.231 e. The van der Waals surface area contributed by atoms with Crippen LogP contribution in [0.5, 0.6) is 11.5 Å². The van der Waals surface area contributed by atoms with Crippen LogP contribution in [0.25, 0.3) is 16.6 Å². The van der Waals surface area contributed by atoms with Crippen molar-refractivity contribution in [3.05, 3.63) is 53.9 Å². The molecule has 3 heterocycles.